The van der Waals surface area contributed by atoms with Crippen molar-refractivity contribution in [1.82, 2.24) is 19.2 Å². The Morgan fingerprint density at radius 2 is 2.35 bits per heavy atom. The van der Waals surface area contributed by atoms with Crippen LogP contribution in [-0.2, 0) is 0 Å². The van der Waals surface area contributed by atoms with Crippen LogP contribution in [0.1, 0.15) is 47.9 Å². The Bertz CT molecular complexity index is 737. The van der Waals surface area contributed by atoms with E-state index in [4.69, 9.17) is 0 Å². The number of carbonyl (C=O) groups excluding carboxylic acids is 1. The number of rotatable bonds is 4. The minimum Gasteiger partial charge on any atom is -0.357 e. The van der Waals surface area contributed by atoms with Crippen LogP contribution in [0.5, 0.6) is 0 Å². The predicted molar refractivity (Wildman–Crippen MR) is 87.7 cm³/mol. The Morgan fingerprint density at radius 1 is 1.43 bits per heavy atom. The summed E-state index contributed by atoms with van der Waals surface area (Å²) >= 11 is 1.46. The van der Waals surface area contributed by atoms with E-state index in [-0.39, 0.29) is 11.4 Å². The molecule has 120 valence electrons. The first-order chi connectivity index (χ1) is 11.2. The second-order valence-electron chi connectivity index (χ2n) is 7.02. The molecule has 0 radical (unpaired) electrons. The highest BCUT2D eigenvalue weighted by molar-refractivity contribution is 7.09. The molecule has 2 aliphatic carbocycles. The Morgan fingerprint density at radius 3 is 3.04 bits per heavy atom. The summed E-state index contributed by atoms with van der Waals surface area (Å²) in [5.41, 5.74) is 0.677. The summed E-state index contributed by atoms with van der Waals surface area (Å²) in [6.45, 7) is 1.59. The molecule has 1 saturated heterocycles. The van der Waals surface area contributed by atoms with Gasteiger partial charge in [0, 0.05) is 42.7 Å². The highest BCUT2D eigenvalue weighted by Gasteiger charge is 2.54. The van der Waals surface area contributed by atoms with Crippen molar-refractivity contribution < 1.29 is 4.79 Å². The monoisotopic (exact) mass is 329 g/mol. The van der Waals surface area contributed by atoms with Crippen LogP contribution in [0.25, 0.3) is 0 Å². The van der Waals surface area contributed by atoms with Gasteiger partial charge in [-0.25, -0.2) is 4.98 Å². The molecule has 2 unspecified atom stereocenters. The number of aromatic nitrogens is 3. The number of aromatic amines is 1. The molecule has 23 heavy (non-hydrogen) atoms. The molecule has 7 heteroatoms. The summed E-state index contributed by atoms with van der Waals surface area (Å²) in [5, 5.41) is 4.55. The van der Waals surface area contributed by atoms with E-state index in [9.17, 15) is 4.79 Å². The third-order valence-electron chi connectivity index (χ3n) is 5.49. The van der Waals surface area contributed by atoms with E-state index in [0.717, 1.165) is 30.5 Å². The van der Waals surface area contributed by atoms with Crippen LogP contribution in [0.15, 0.2) is 18.3 Å². The van der Waals surface area contributed by atoms with Gasteiger partial charge >= 0.3 is 0 Å². The fourth-order valence-electron chi connectivity index (χ4n) is 3.84. The van der Waals surface area contributed by atoms with E-state index >= 15 is 0 Å². The number of carbonyl (C=O) groups is 1. The van der Waals surface area contributed by atoms with Crippen molar-refractivity contribution in [2.24, 2.45) is 5.92 Å². The lowest BCUT2D eigenvalue weighted by Crippen LogP contribution is -2.53. The molecule has 2 atom stereocenters. The highest BCUT2D eigenvalue weighted by Crippen LogP contribution is 2.47. The summed E-state index contributed by atoms with van der Waals surface area (Å²) in [4.78, 5) is 22.2. The van der Waals surface area contributed by atoms with Gasteiger partial charge in [-0.2, -0.15) is 4.37 Å². The van der Waals surface area contributed by atoms with Crippen molar-refractivity contribution >= 4 is 22.6 Å². The first-order valence-corrected chi connectivity index (χ1v) is 9.05. The second kappa shape index (κ2) is 4.80. The van der Waals surface area contributed by atoms with Crippen molar-refractivity contribution in [3.8, 4) is 0 Å². The van der Waals surface area contributed by atoms with Gasteiger partial charge in [-0.1, -0.05) is 0 Å². The first kappa shape index (κ1) is 13.5. The van der Waals surface area contributed by atoms with Crippen molar-refractivity contribution in [1.29, 1.82) is 0 Å². The van der Waals surface area contributed by atoms with Crippen molar-refractivity contribution in [2.45, 2.75) is 37.1 Å². The molecule has 3 aliphatic rings. The average Bonchev–Trinajstić information content (AvgIpc) is 2.98. The van der Waals surface area contributed by atoms with E-state index in [1.807, 2.05) is 17.0 Å². The largest absolute Gasteiger partial charge is 0.357 e. The summed E-state index contributed by atoms with van der Waals surface area (Å²) in [5.74, 6) is 2.21. The van der Waals surface area contributed by atoms with Crippen LogP contribution in [0.4, 0.5) is 5.13 Å². The predicted octanol–water partition coefficient (Wildman–Crippen LogP) is 2.46. The van der Waals surface area contributed by atoms with E-state index in [0.29, 0.717) is 17.5 Å². The number of hydrogen-bond acceptors (Lipinski definition) is 5. The SMILES string of the molecule is O=C(c1ccc[nH]1)N1CC2CCC2(Nc2nc(C3CC3)ns2)C1. The molecule has 0 aromatic carbocycles. The van der Waals surface area contributed by atoms with Gasteiger partial charge in [-0.05, 0) is 37.8 Å². The number of hydrogen-bond donors (Lipinski definition) is 2. The zero-order chi connectivity index (χ0) is 15.4. The van der Waals surface area contributed by atoms with Gasteiger partial charge in [0.05, 0.1) is 5.54 Å². The van der Waals surface area contributed by atoms with Crippen LogP contribution in [0.2, 0.25) is 0 Å². The molecule has 6 nitrogen and oxygen atoms in total. The Kier molecular flexibility index (Phi) is 2.83. The molecule has 2 aromatic heterocycles. The van der Waals surface area contributed by atoms with Gasteiger partial charge in [-0.15, -0.1) is 0 Å². The van der Waals surface area contributed by atoms with Gasteiger partial charge in [0.25, 0.3) is 5.91 Å². The smallest absolute Gasteiger partial charge is 0.270 e. The fraction of sp³-hybridized carbons (Fsp3) is 0.562. The minimum atomic E-state index is 0.00259. The van der Waals surface area contributed by atoms with Gasteiger partial charge in [0.15, 0.2) is 0 Å². The minimum absolute atomic E-state index is 0.00259. The Labute approximate surface area is 138 Å². The van der Waals surface area contributed by atoms with Crippen LogP contribution in [0, 0.1) is 5.92 Å². The van der Waals surface area contributed by atoms with Crippen LogP contribution >= 0.6 is 11.5 Å². The molecule has 0 bridgehead atoms. The number of fused-ring (bicyclic) bond motifs is 1. The molecule has 3 heterocycles. The average molecular weight is 329 g/mol. The van der Waals surface area contributed by atoms with Gasteiger partial charge in [0.2, 0.25) is 5.13 Å². The van der Waals surface area contributed by atoms with E-state index in [1.54, 1.807) is 6.20 Å². The molecular formula is C16H19N5OS. The standard InChI is InChI=1S/C16H19N5OS/c22-14(12-2-1-7-17-12)21-8-11-5-6-16(11,9-21)19-15-18-13(20-23-15)10-3-4-10/h1-2,7,10-11,17H,3-6,8-9H2,(H,18,19,20). The number of likely N-dealkylation sites (tertiary alicyclic amines) is 1. The lowest BCUT2D eigenvalue weighted by molar-refractivity contribution is 0.0781. The van der Waals surface area contributed by atoms with Crippen molar-refractivity contribution in [2.75, 3.05) is 18.4 Å². The number of amides is 1. The van der Waals surface area contributed by atoms with E-state index in [2.05, 4.69) is 19.7 Å². The Balaban J connectivity index is 1.32. The molecule has 1 aliphatic heterocycles. The fourth-order valence-corrected chi connectivity index (χ4v) is 4.59. The molecule has 2 saturated carbocycles. The zero-order valence-corrected chi connectivity index (χ0v) is 13.6. The van der Waals surface area contributed by atoms with Gasteiger partial charge in [0.1, 0.15) is 11.5 Å². The first-order valence-electron chi connectivity index (χ1n) is 8.28. The van der Waals surface area contributed by atoms with E-state index < -0.39 is 0 Å². The molecule has 5 rings (SSSR count). The third kappa shape index (κ3) is 2.17. The maximum atomic E-state index is 12.6. The number of anilines is 1. The van der Waals surface area contributed by atoms with Crippen molar-refractivity contribution in [3.63, 3.8) is 0 Å². The maximum absolute atomic E-state index is 12.6. The summed E-state index contributed by atoms with van der Waals surface area (Å²) in [7, 11) is 0. The lowest BCUT2D eigenvalue weighted by Gasteiger charge is -2.44. The summed E-state index contributed by atoms with van der Waals surface area (Å²) in [6, 6.07) is 3.71. The quantitative estimate of drug-likeness (QED) is 0.904. The highest BCUT2D eigenvalue weighted by atomic mass is 32.1. The second-order valence-corrected chi connectivity index (χ2v) is 7.77. The van der Waals surface area contributed by atoms with Crippen LogP contribution in [-0.4, -0.2) is 43.8 Å². The van der Waals surface area contributed by atoms with Gasteiger partial charge < -0.3 is 15.2 Å². The van der Waals surface area contributed by atoms with E-state index in [1.165, 1.54) is 30.8 Å². The third-order valence-corrected chi connectivity index (χ3v) is 6.13. The van der Waals surface area contributed by atoms with Crippen LogP contribution < -0.4 is 5.32 Å². The van der Waals surface area contributed by atoms with Crippen molar-refractivity contribution in [3.05, 3.63) is 29.8 Å². The summed E-state index contributed by atoms with van der Waals surface area (Å²) < 4.78 is 4.48. The number of H-pyrrole nitrogens is 1. The molecule has 1 amide bonds. The lowest BCUT2D eigenvalue weighted by atomic mass is 9.69. The maximum Gasteiger partial charge on any atom is 0.270 e. The zero-order valence-electron chi connectivity index (χ0n) is 12.8. The molecule has 2 N–H and O–H groups in total. The topological polar surface area (TPSA) is 73.9 Å². The summed E-state index contributed by atoms with van der Waals surface area (Å²) in [6.07, 6.45) is 6.53. The van der Waals surface area contributed by atoms with Crippen LogP contribution in [0.3, 0.4) is 0 Å². The number of nitrogens with one attached hydrogen (secondary N) is 2. The number of nitrogens with zero attached hydrogens (tertiary/aromatic N) is 3. The molecule has 2 aromatic rings. The molecular weight excluding hydrogens is 310 g/mol. The molecule has 0 spiro atoms. The molecule has 3 fully saturated rings. The Hall–Kier alpha value is -1.89. The normalized spacial score (nSPS) is 29.2. The van der Waals surface area contributed by atoms with Gasteiger partial charge in [-0.3, -0.25) is 4.79 Å².